The third kappa shape index (κ3) is 3.00. The zero-order chi connectivity index (χ0) is 13.9. The van der Waals surface area contributed by atoms with Crippen molar-refractivity contribution in [2.24, 2.45) is 5.92 Å². The lowest BCUT2D eigenvalue weighted by Crippen LogP contribution is -2.39. The molecule has 2 fully saturated rings. The fraction of sp³-hybridized carbons (Fsp3) is 0.786. The van der Waals surface area contributed by atoms with Crippen molar-refractivity contribution in [2.75, 3.05) is 26.2 Å². The minimum Gasteiger partial charge on any atom is -0.336 e. The summed E-state index contributed by atoms with van der Waals surface area (Å²) in [5, 5.41) is 10.4. The molecule has 2 N–H and O–H groups in total. The van der Waals surface area contributed by atoms with Gasteiger partial charge in [0.05, 0.1) is 0 Å². The van der Waals surface area contributed by atoms with Crippen molar-refractivity contribution in [1.82, 2.24) is 25.4 Å². The van der Waals surface area contributed by atoms with Crippen molar-refractivity contribution < 1.29 is 4.79 Å². The van der Waals surface area contributed by atoms with Crippen LogP contribution in [0.1, 0.15) is 55.0 Å². The summed E-state index contributed by atoms with van der Waals surface area (Å²) in [6, 6.07) is 0. The van der Waals surface area contributed by atoms with Crippen molar-refractivity contribution in [3.8, 4) is 0 Å². The molecule has 0 unspecified atom stereocenters. The third-order valence-corrected chi connectivity index (χ3v) is 4.26. The van der Waals surface area contributed by atoms with E-state index in [1.54, 1.807) is 0 Å². The van der Waals surface area contributed by atoms with Crippen LogP contribution < -0.4 is 5.32 Å². The van der Waals surface area contributed by atoms with E-state index in [0.29, 0.717) is 17.7 Å². The highest BCUT2D eigenvalue weighted by Gasteiger charge is 2.29. The predicted molar refractivity (Wildman–Crippen MR) is 75.5 cm³/mol. The van der Waals surface area contributed by atoms with E-state index in [1.165, 1.54) is 0 Å². The van der Waals surface area contributed by atoms with Gasteiger partial charge in [0.1, 0.15) is 5.82 Å². The van der Waals surface area contributed by atoms with Gasteiger partial charge in [-0.3, -0.25) is 9.89 Å². The van der Waals surface area contributed by atoms with Crippen LogP contribution in [0.4, 0.5) is 0 Å². The number of nitrogens with zero attached hydrogens (tertiary/aromatic N) is 3. The normalized spacial score (nSPS) is 20.1. The predicted octanol–water partition coefficient (Wildman–Crippen LogP) is 1.14. The zero-order valence-corrected chi connectivity index (χ0v) is 12.1. The molecule has 3 rings (SSSR count). The summed E-state index contributed by atoms with van der Waals surface area (Å²) in [5.74, 6) is 2.29. The van der Waals surface area contributed by atoms with Crippen LogP contribution in [0.3, 0.4) is 0 Å². The topological polar surface area (TPSA) is 73.9 Å². The molecule has 0 atom stereocenters. The number of aromatic amines is 1. The van der Waals surface area contributed by atoms with Crippen LogP contribution >= 0.6 is 0 Å². The Morgan fingerprint density at radius 3 is 2.70 bits per heavy atom. The number of hydrogen-bond acceptors (Lipinski definition) is 4. The van der Waals surface area contributed by atoms with E-state index in [9.17, 15) is 4.79 Å². The van der Waals surface area contributed by atoms with Gasteiger partial charge in [0.15, 0.2) is 0 Å². The second kappa shape index (κ2) is 5.91. The summed E-state index contributed by atoms with van der Waals surface area (Å²) >= 11 is 0. The maximum Gasteiger partial charge on any atom is 0.293 e. The molecule has 2 heterocycles. The van der Waals surface area contributed by atoms with E-state index in [0.717, 1.165) is 57.7 Å². The summed E-state index contributed by atoms with van der Waals surface area (Å²) < 4.78 is 0. The maximum atomic E-state index is 12.5. The van der Waals surface area contributed by atoms with Gasteiger partial charge in [-0.15, -0.1) is 5.10 Å². The monoisotopic (exact) mass is 277 g/mol. The smallest absolute Gasteiger partial charge is 0.293 e. The van der Waals surface area contributed by atoms with Crippen LogP contribution in [0.2, 0.25) is 0 Å². The molecule has 110 valence electrons. The first-order valence-electron chi connectivity index (χ1n) is 7.70. The van der Waals surface area contributed by atoms with Gasteiger partial charge >= 0.3 is 0 Å². The van der Waals surface area contributed by atoms with Crippen LogP contribution in [-0.2, 0) is 0 Å². The Bertz CT molecular complexity index is 462. The average Bonchev–Trinajstić information content (AvgIpc) is 3.22. The van der Waals surface area contributed by atoms with Gasteiger partial charge < -0.3 is 10.2 Å². The molecule has 1 saturated heterocycles. The van der Waals surface area contributed by atoms with Gasteiger partial charge in [-0.2, -0.15) is 0 Å². The second-order valence-corrected chi connectivity index (χ2v) is 5.86. The number of hydrogen-bond donors (Lipinski definition) is 2. The van der Waals surface area contributed by atoms with Crippen LogP contribution in [0.5, 0.6) is 0 Å². The van der Waals surface area contributed by atoms with Crippen LogP contribution in [0, 0.1) is 5.92 Å². The highest BCUT2D eigenvalue weighted by atomic mass is 16.2. The summed E-state index contributed by atoms with van der Waals surface area (Å²) in [5.41, 5.74) is 0. The molecule has 1 saturated carbocycles. The van der Waals surface area contributed by atoms with E-state index in [4.69, 9.17) is 0 Å². The minimum atomic E-state index is -0.0332. The van der Waals surface area contributed by atoms with E-state index >= 15 is 0 Å². The first-order chi connectivity index (χ1) is 9.78. The van der Waals surface area contributed by atoms with Gasteiger partial charge in [-0.25, -0.2) is 4.98 Å². The van der Waals surface area contributed by atoms with Crippen molar-refractivity contribution in [3.63, 3.8) is 0 Å². The van der Waals surface area contributed by atoms with Crippen LogP contribution in [0.15, 0.2) is 0 Å². The minimum absolute atomic E-state index is 0.0332. The Labute approximate surface area is 119 Å². The van der Waals surface area contributed by atoms with Crippen LogP contribution in [0.25, 0.3) is 0 Å². The Morgan fingerprint density at radius 1 is 1.30 bits per heavy atom. The quantitative estimate of drug-likeness (QED) is 0.846. The third-order valence-electron chi connectivity index (χ3n) is 4.26. The lowest BCUT2D eigenvalue weighted by molar-refractivity contribution is 0.0715. The standard InChI is InChI=1S/C14H23N5O/c1-2-19(9-10-5-7-15-8-6-10)14(20)13-16-12(17-18-13)11-3-4-11/h10-11,15H,2-9H2,1H3,(H,16,17,18). The largest absolute Gasteiger partial charge is 0.336 e. The summed E-state index contributed by atoms with van der Waals surface area (Å²) in [4.78, 5) is 18.7. The molecule has 2 aliphatic rings. The Balaban J connectivity index is 1.62. The highest BCUT2D eigenvalue weighted by molar-refractivity contribution is 5.90. The summed E-state index contributed by atoms with van der Waals surface area (Å²) in [7, 11) is 0. The molecular formula is C14H23N5O. The number of amides is 1. The average molecular weight is 277 g/mol. The molecule has 0 radical (unpaired) electrons. The number of carbonyl (C=O) groups is 1. The molecule has 1 aliphatic carbocycles. The molecular weight excluding hydrogens is 254 g/mol. The summed E-state index contributed by atoms with van der Waals surface area (Å²) in [6.07, 6.45) is 4.61. The first-order valence-corrected chi connectivity index (χ1v) is 7.70. The zero-order valence-electron chi connectivity index (χ0n) is 12.1. The fourth-order valence-electron chi connectivity index (χ4n) is 2.78. The molecule has 0 aromatic carbocycles. The SMILES string of the molecule is CCN(CC1CCNCC1)C(=O)c1n[nH]c(C2CC2)n1. The lowest BCUT2D eigenvalue weighted by atomic mass is 9.97. The Kier molecular flexibility index (Phi) is 4.00. The van der Waals surface area contributed by atoms with Gasteiger partial charge in [0.2, 0.25) is 5.82 Å². The van der Waals surface area contributed by atoms with E-state index < -0.39 is 0 Å². The maximum absolute atomic E-state index is 12.5. The number of H-pyrrole nitrogens is 1. The molecule has 0 spiro atoms. The van der Waals surface area contributed by atoms with Crippen molar-refractivity contribution in [2.45, 2.75) is 38.5 Å². The van der Waals surface area contributed by atoms with Crippen LogP contribution in [-0.4, -0.2) is 52.2 Å². The van der Waals surface area contributed by atoms with Gasteiger partial charge in [0, 0.05) is 19.0 Å². The van der Waals surface area contributed by atoms with E-state index in [-0.39, 0.29) is 5.91 Å². The van der Waals surface area contributed by atoms with Crippen molar-refractivity contribution >= 4 is 5.91 Å². The number of carbonyl (C=O) groups excluding carboxylic acids is 1. The van der Waals surface area contributed by atoms with Gasteiger partial charge in [-0.05, 0) is 51.6 Å². The Morgan fingerprint density at radius 2 is 2.05 bits per heavy atom. The van der Waals surface area contributed by atoms with E-state index in [1.807, 2.05) is 11.8 Å². The number of aromatic nitrogens is 3. The van der Waals surface area contributed by atoms with Gasteiger partial charge in [-0.1, -0.05) is 0 Å². The molecule has 1 amide bonds. The Hall–Kier alpha value is -1.43. The first kappa shape index (κ1) is 13.5. The number of rotatable bonds is 5. The molecule has 1 aliphatic heterocycles. The second-order valence-electron chi connectivity index (χ2n) is 5.86. The molecule has 1 aromatic rings. The van der Waals surface area contributed by atoms with E-state index in [2.05, 4.69) is 20.5 Å². The molecule has 0 bridgehead atoms. The van der Waals surface area contributed by atoms with Crippen molar-refractivity contribution in [1.29, 1.82) is 0 Å². The van der Waals surface area contributed by atoms with Gasteiger partial charge in [0.25, 0.3) is 5.91 Å². The summed E-state index contributed by atoms with van der Waals surface area (Å²) in [6.45, 7) is 5.68. The lowest BCUT2D eigenvalue weighted by Gasteiger charge is -2.28. The van der Waals surface area contributed by atoms with Crippen molar-refractivity contribution in [3.05, 3.63) is 11.6 Å². The number of piperidine rings is 1. The molecule has 20 heavy (non-hydrogen) atoms. The highest BCUT2D eigenvalue weighted by Crippen LogP contribution is 2.37. The molecule has 6 nitrogen and oxygen atoms in total. The number of nitrogens with one attached hydrogen (secondary N) is 2. The molecule has 1 aromatic heterocycles. The fourth-order valence-corrected chi connectivity index (χ4v) is 2.78. The molecule has 6 heteroatoms.